The lowest BCUT2D eigenvalue weighted by Crippen LogP contribution is -2.35. The van der Waals surface area contributed by atoms with Crippen molar-refractivity contribution >= 4 is 11.8 Å². The van der Waals surface area contributed by atoms with E-state index in [1.165, 1.54) is 135 Å². The molecule has 0 aliphatic carbocycles. The van der Waals surface area contributed by atoms with Gasteiger partial charge in [-0.3, -0.25) is 9.59 Å². The Hall–Kier alpha value is -0.940. The zero-order valence-electron chi connectivity index (χ0n) is 25.3. The maximum absolute atomic E-state index is 12.1. The van der Waals surface area contributed by atoms with E-state index in [1.54, 1.807) is 0 Å². The van der Waals surface area contributed by atoms with Crippen LogP contribution in [0.4, 0.5) is 0 Å². The molecule has 3 N–H and O–H groups in total. The molecule has 226 valence electrons. The number of unbranched alkanes of at least 4 members (excludes halogenated alkanes) is 23. The van der Waals surface area contributed by atoms with E-state index in [0.717, 1.165) is 38.5 Å². The molecule has 0 fully saturated rings. The highest BCUT2D eigenvalue weighted by molar-refractivity contribution is 5.78. The second-order valence-corrected chi connectivity index (χ2v) is 11.5. The van der Waals surface area contributed by atoms with Gasteiger partial charge in [-0.15, -0.1) is 0 Å². The molecule has 0 spiro atoms. The van der Waals surface area contributed by atoms with Crippen molar-refractivity contribution in [2.24, 2.45) is 5.73 Å². The molecule has 38 heavy (non-hydrogen) atoms. The van der Waals surface area contributed by atoms with Crippen molar-refractivity contribution in [2.45, 2.75) is 186 Å². The van der Waals surface area contributed by atoms with Gasteiger partial charge in [0.05, 0.1) is 13.2 Å². The SMILES string of the molecule is CCCCCCCCCCCCCCCC(=O)CCCCCCCCCCCCCCOC(=O)[C@@H](N)CO. The van der Waals surface area contributed by atoms with Crippen molar-refractivity contribution in [1.29, 1.82) is 0 Å². The third-order valence-electron chi connectivity index (χ3n) is 7.65. The number of ether oxygens (including phenoxy) is 1. The topological polar surface area (TPSA) is 89.6 Å². The summed E-state index contributed by atoms with van der Waals surface area (Å²) in [4.78, 5) is 23.4. The van der Waals surface area contributed by atoms with Gasteiger partial charge >= 0.3 is 5.97 Å². The van der Waals surface area contributed by atoms with E-state index >= 15 is 0 Å². The van der Waals surface area contributed by atoms with E-state index in [0.29, 0.717) is 12.4 Å². The Morgan fingerprint density at radius 2 is 0.868 bits per heavy atom. The van der Waals surface area contributed by atoms with Crippen LogP contribution in [0.1, 0.15) is 180 Å². The zero-order valence-corrected chi connectivity index (χ0v) is 25.3. The lowest BCUT2D eigenvalue weighted by Gasteiger charge is -2.08. The second kappa shape index (κ2) is 30.6. The fourth-order valence-electron chi connectivity index (χ4n) is 5.01. The highest BCUT2D eigenvalue weighted by atomic mass is 16.5. The average molecular weight is 540 g/mol. The first-order chi connectivity index (χ1) is 18.6. The number of rotatable bonds is 31. The van der Waals surface area contributed by atoms with Crippen LogP contribution in [0.5, 0.6) is 0 Å². The minimum Gasteiger partial charge on any atom is -0.464 e. The molecule has 0 saturated heterocycles. The van der Waals surface area contributed by atoms with Crippen LogP contribution in [0.3, 0.4) is 0 Å². The van der Waals surface area contributed by atoms with Crippen LogP contribution >= 0.6 is 0 Å². The molecule has 0 unspecified atom stereocenters. The normalized spacial score (nSPS) is 12.1. The number of aliphatic hydroxyl groups is 1. The highest BCUT2D eigenvalue weighted by Crippen LogP contribution is 2.15. The molecule has 5 nitrogen and oxygen atoms in total. The van der Waals surface area contributed by atoms with Crippen LogP contribution < -0.4 is 5.73 Å². The summed E-state index contributed by atoms with van der Waals surface area (Å²) >= 11 is 0. The van der Waals surface area contributed by atoms with Gasteiger partial charge in [-0.1, -0.05) is 148 Å². The summed E-state index contributed by atoms with van der Waals surface area (Å²) in [5.74, 6) is -0.0240. The summed E-state index contributed by atoms with van der Waals surface area (Å²) in [5, 5.41) is 8.79. The molecule has 0 aromatic heterocycles. The van der Waals surface area contributed by atoms with Gasteiger partial charge in [0.15, 0.2) is 0 Å². The maximum Gasteiger partial charge on any atom is 0.325 e. The van der Waals surface area contributed by atoms with E-state index in [4.69, 9.17) is 15.6 Å². The summed E-state index contributed by atoms with van der Waals surface area (Å²) in [6, 6.07) is -0.906. The molecule has 5 heteroatoms. The Kier molecular flexibility index (Phi) is 29.8. The van der Waals surface area contributed by atoms with Crippen LogP contribution in [0.15, 0.2) is 0 Å². The van der Waals surface area contributed by atoms with Crippen LogP contribution in [-0.2, 0) is 14.3 Å². The quantitative estimate of drug-likeness (QED) is 0.0677. The molecule has 0 rings (SSSR count). The van der Waals surface area contributed by atoms with Gasteiger partial charge in [-0.2, -0.15) is 0 Å². The van der Waals surface area contributed by atoms with Gasteiger partial charge in [0, 0.05) is 12.8 Å². The second-order valence-electron chi connectivity index (χ2n) is 11.5. The van der Waals surface area contributed by atoms with Crippen molar-refractivity contribution in [2.75, 3.05) is 13.2 Å². The highest BCUT2D eigenvalue weighted by Gasteiger charge is 2.12. The van der Waals surface area contributed by atoms with Crippen LogP contribution in [0.25, 0.3) is 0 Å². The predicted octanol–water partition coefficient (Wildman–Crippen LogP) is 8.97. The van der Waals surface area contributed by atoms with E-state index in [2.05, 4.69) is 6.92 Å². The van der Waals surface area contributed by atoms with Crippen molar-refractivity contribution in [3.63, 3.8) is 0 Å². The van der Waals surface area contributed by atoms with Crippen molar-refractivity contribution in [3.05, 3.63) is 0 Å². The Bertz CT molecular complexity index is 511. The molecule has 1 atom stereocenters. The van der Waals surface area contributed by atoms with Gasteiger partial charge in [0.1, 0.15) is 11.8 Å². The van der Waals surface area contributed by atoms with Gasteiger partial charge in [-0.25, -0.2) is 0 Å². The summed E-state index contributed by atoms with van der Waals surface area (Å²) < 4.78 is 5.02. The summed E-state index contributed by atoms with van der Waals surface area (Å²) in [6.07, 6.45) is 33.7. The molecule has 0 aromatic carbocycles. The van der Waals surface area contributed by atoms with E-state index < -0.39 is 12.0 Å². The Balaban J connectivity index is 3.20. The molecule has 0 heterocycles. The van der Waals surface area contributed by atoms with E-state index in [-0.39, 0.29) is 6.61 Å². The third-order valence-corrected chi connectivity index (χ3v) is 7.65. The first kappa shape index (κ1) is 37.1. The van der Waals surface area contributed by atoms with Crippen LogP contribution in [0, 0.1) is 0 Å². The fourth-order valence-corrected chi connectivity index (χ4v) is 5.01. The average Bonchev–Trinajstić information content (AvgIpc) is 2.92. The number of ketones is 1. The number of Topliss-reactive ketones (excluding diaryl/α,β-unsaturated/α-hetero) is 1. The van der Waals surface area contributed by atoms with Crippen LogP contribution in [-0.4, -0.2) is 36.1 Å². The monoisotopic (exact) mass is 539 g/mol. The lowest BCUT2D eigenvalue weighted by atomic mass is 10.0. The summed E-state index contributed by atoms with van der Waals surface area (Å²) in [6.45, 7) is 2.32. The first-order valence-electron chi connectivity index (χ1n) is 16.7. The first-order valence-corrected chi connectivity index (χ1v) is 16.7. The standard InChI is InChI=1S/C33H65NO4/c1-2-3-4-5-6-7-8-9-12-15-18-21-24-27-31(36)28-25-22-19-16-13-10-11-14-17-20-23-26-29-38-33(37)32(34)30-35/h32,35H,2-30,34H2,1H3/t32-/m0/s1. The minimum absolute atomic E-state index is 0.363. The largest absolute Gasteiger partial charge is 0.464 e. The molecular weight excluding hydrogens is 474 g/mol. The van der Waals surface area contributed by atoms with Gasteiger partial charge in [0.25, 0.3) is 0 Å². The molecule has 0 aliphatic heterocycles. The number of carbonyl (C=O) groups is 2. The molecule has 0 bridgehead atoms. The van der Waals surface area contributed by atoms with Crippen LogP contribution in [0.2, 0.25) is 0 Å². The Labute approximate surface area is 236 Å². The zero-order chi connectivity index (χ0) is 27.9. The number of hydrogen-bond acceptors (Lipinski definition) is 5. The van der Waals surface area contributed by atoms with Crippen molar-refractivity contribution < 1.29 is 19.4 Å². The summed E-state index contributed by atoms with van der Waals surface area (Å²) in [7, 11) is 0. The molecule has 0 radical (unpaired) electrons. The number of hydrogen-bond donors (Lipinski definition) is 2. The van der Waals surface area contributed by atoms with Crippen molar-refractivity contribution in [1.82, 2.24) is 0 Å². The third kappa shape index (κ3) is 28.1. The Morgan fingerprint density at radius 1 is 0.553 bits per heavy atom. The van der Waals surface area contributed by atoms with E-state index in [1.807, 2.05) is 0 Å². The predicted molar refractivity (Wildman–Crippen MR) is 161 cm³/mol. The smallest absolute Gasteiger partial charge is 0.325 e. The maximum atomic E-state index is 12.1. The van der Waals surface area contributed by atoms with Gasteiger partial charge in [-0.05, 0) is 19.3 Å². The minimum atomic E-state index is -0.906. The number of aliphatic hydroxyl groups excluding tert-OH is 1. The molecule has 0 amide bonds. The number of nitrogens with two attached hydrogens (primary N) is 1. The van der Waals surface area contributed by atoms with Gasteiger partial charge in [0.2, 0.25) is 0 Å². The fraction of sp³-hybridized carbons (Fsp3) is 0.939. The Morgan fingerprint density at radius 3 is 1.21 bits per heavy atom. The molecule has 0 aromatic rings. The molecular formula is C33H65NO4. The van der Waals surface area contributed by atoms with E-state index in [9.17, 15) is 9.59 Å². The number of carbonyl (C=O) groups excluding carboxylic acids is 2. The molecule has 0 saturated carbocycles. The van der Waals surface area contributed by atoms with Gasteiger partial charge < -0.3 is 15.6 Å². The molecule has 0 aliphatic rings. The summed E-state index contributed by atoms with van der Waals surface area (Å²) in [5.41, 5.74) is 5.39. The van der Waals surface area contributed by atoms with Crippen molar-refractivity contribution in [3.8, 4) is 0 Å². The number of esters is 1. The lowest BCUT2D eigenvalue weighted by molar-refractivity contribution is -0.146.